The zero-order valence-corrected chi connectivity index (χ0v) is 21.7. The van der Waals surface area contributed by atoms with Gasteiger partial charge in [-0.05, 0) is 90.3 Å². The van der Waals surface area contributed by atoms with E-state index in [2.05, 4.69) is 39.4 Å². The topological polar surface area (TPSA) is 80.6 Å². The summed E-state index contributed by atoms with van der Waals surface area (Å²) in [5.41, 5.74) is 4.53. The smallest absolute Gasteiger partial charge is 0.266 e. The lowest BCUT2D eigenvalue weighted by Gasteiger charge is -2.14. The normalized spacial score (nSPS) is 10.9. The Morgan fingerprint density at radius 2 is 1.74 bits per heavy atom. The van der Waals surface area contributed by atoms with Gasteiger partial charge in [-0.25, -0.2) is 0 Å². The molecule has 3 aromatic rings. The number of methoxy groups -OCH3 is 1. The summed E-state index contributed by atoms with van der Waals surface area (Å²) >= 11 is 3.53. The lowest BCUT2D eigenvalue weighted by Crippen LogP contribution is -2.13. The first-order chi connectivity index (χ1) is 16.8. The van der Waals surface area contributed by atoms with Crippen molar-refractivity contribution < 1.29 is 19.0 Å². The van der Waals surface area contributed by atoms with Crippen LogP contribution in [0.1, 0.15) is 29.2 Å². The average Bonchev–Trinajstić information content (AvgIpc) is 2.82. The third-order valence-corrected chi connectivity index (χ3v) is 5.60. The molecule has 3 rings (SSSR count). The Morgan fingerprint density at radius 1 is 1.06 bits per heavy atom. The van der Waals surface area contributed by atoms with E-state index in [-0.39, 0.29) is 5.57 Å². The SMILES string of the molecule is CCOc1ccc(NC(=O)/C(C#N)=C/c2cc(Br)c(OCc3cc(C)cc(C)c3)c(OC)c2)cc1. The molecule has 1 amide bonds. The van der Waals surface area contributed by atoms with Gasteiger partial charge in [0.1, 0.15) is 24.0 Å². The summed E-state index contributed by atoms with van der Waals surface area (Å²) in [4.78, 5) is 12.7. The van der Waals surface area contributed by atoms with Gasteiger partial charge in [-0.1, -0.05) is 29.3 Å². The molecule has 3 aromatic carbocycles. The van der Waals surface area contributed by atoms with Crippen LogP contribution in [0.25, 0.3) is 6.08 Å². The monoisotopic (exact) mass is 534 g/mol. The van der Waals surface area contributed by atoms with E-state index in [1.807, 2.05) is 26.8 Å². The molecule has 6 nitrogen and oxygen atoms in total. The molecule has 0 aliphatic carbocycles. The standard InChI is InChI=1S/C28H27BrN2O4/c1-5-34-24-8-6-23(7-9-24)31-28(32)22(16-30)13-20-14-25(29)27(26(15-20)33-4)35-17-21-11-18(2)10-19(3)12-21/h6-15H,5,17H2,1-4H3,(H,31,32)/b22-13+. The maximum Gasteiger partial charge on any atom is 0.266 e. The molecule has 180 valence electrons. The molecule has 0 saturated heterocycles. The van der Waals surface area contributed by atoms with E-state index in [0.29, 0.717) is 46.2 Å². The van der Waals surface area contributed by atoms with E-state index in [0.717, 1.165) is 5.56 Å². The van der Waals surface area contributed by atoms with Crippen molar-refractivity contribution in [2.45, 2.75) is 27.4 Å². The van der Waals surface area contributed by atoms with Gasteiger partial charge in [0.2, 0.25) is 0 Å². The van der Waals surface area contributed by atoms with Crippen LogP contribution in [0.4, 0.5) is 5.69 Å². The number of rotatable bonds is 9. The summed E-state index contributed by atoms with van der Waals surface area (Å²) in [5, 5.41) is 12.3. The van der Waals surface area contributed by atoms with Crippen molar-refractivity contribution in [2.75, 3.05) is 19.0 Å². The molecule has 1 N–H and O–H groups in total. The Labute approximate surface area is 214 Å². The van der Waals surface area contributed by atoms with Crippen molar-refractivity contribution in [2.24, 2.45) is 0 Å². The maximum absolute atomic E-state index is 12.7. The minimum Gasteiger partial charge on any atom is -0.494 e. The van der Waals surface area contributed by atoms with Crippen LogP contribution in [0.5, 0.6) is 17.2 Å². The fourth-order valence-electron chi connectivity index (χ4n) is 3.59. The fourth-order valence-corrected chi connectivity index (χ4v) is 4.16. The lowest BCUT2D eigenvalue weighted by atomic mass is 10.1. The number of halogens is 1. The fraction of sp³-hybridized carbons (Fsp3) is 0.214. The maximum atomic E-state index is 12.7. The van der Waals surface area contributed by atoms with Crippen LogP contribution in [0.15, 0.2) is 64.6 Å². The van der Waals surface area contributed by atoms with Crippen LogP contribution < -0.4 is 19.5 Å². The third kappa shape index (κ3) is 7.11. The number of ether oxygens (including phenoxy) is 3. The first-order valence-electron chi connectivity index (χ1n) is 11.1. The molecule has 0 fully saturated rings. The molecule has 0 aromatic heterocycles. The molecule has 0 heterocycles. The van der Waals surface area contributed by atoms with Gasteiger partial charge in [0, 0.05) is 5.69 Å². The van der Waals surface area contributed by atoms with Gasteiger partial charge in [-0.3, -0.25) is 4.79 Å². The summed E-state index contributed by atoms with van der Waals surface area (Å²) in [5.74, 6) is 1.22. The summed E-state index contributed by atoms with van der Waals surface area (Å²) in [6.45, 7) is 6.93. The summed E-state index contributed by atoms with van der Waals surface area (Å²) in [6, 6.07) is 18.7. The summed E-state index contributed by atoms with van der Waals surface area (Å²) in [7, 11) is 1.54. The van der Waals surface area contributed by atoms with Gasteiger partial charge in [0.25, 0.3) is 5.91 Å². The Bertz CT molecular complexity index is 1260. The minimum atomic E-state index is -0.512. The van der Waals surface area contributed by atoms with Gasteiger partial charge < -0.3 is 19.5 Å². The number of anilines is 1. The molecule has 0 bridgehead atoms. The number of amides is 1. The van der Waals surface area contributed by atoms with Gasteiger partial charge in [0.05, 0.1) is 18.2 Å². The number of carbonyl (C=O) groups excluding carboxylic acids is 1. The molecule has 7 heteroatoms. The Balaban J connectivity index is 1.78. The van der Waals surface area contributed by atoms with Crippen LogP contribution in [0.2, 0.25) is 0 Å². The van der Waals surface area contributed by atoms with Crippen molar-refractivity contribution in [3.05, 3.63) is 86.9 Å². The second kappa shape index (κ2) is 12.1. The zero-order valence-electron chi connectivity index (χ0n) is 20.1. The summed E-state index contributed by atoms with van der Waals surface area (Å²) in [6.07, 6.45) is 1.50. The summed E-state index contributed by atoms with van der Waals surface area (Å²) < 4.78 is 17.6. The molecule has 0 saturated carbocycles. The Hall–Kier alpha value is -3.76. The molecule has 0 radical (unpaired) electrons. The van der Waals surface area contributed by atoms with Crippen LogP contribution in [-0.2, 0) is 11.4 Å². The largest absolute Gasteiger partial charge is 0.494 e. The van der Waals surface area contributed by atoms with Crippen LogP contribution in [0, 0.1) is 25.2 Å². The number of carbonyl (C=O) groups is 1. The highest BCUT2D eigenvalue weighted by atomic mass is 79.9. The molecule has 0 aliphatic heterocycles. The molecular formula is C28H27BrN2O4. The number of benzene rings is 3. The van der Waals surface area contributed by atoms with Gasteiger partial charge >= 0.3 is 0 Å². The van der Waals surface area contributed by atoms with E-state index >= 15 is 0 Å². The zero-order chi connectivity index (χ0) is 25.4. The first kappa shape index (κ1) is 25.9. The lowest BCUT2D eigenvalue weighted by molar-refractivity contribution is -0.112. The van der Waals surface area contributed by atoms with Crippen LogP contribution >= 0.6 is 15.9 Å². The predicted octanol–water partition coefficient (Wildman–Crippen LogP) is 6.60. The average molecular weight is 535 g/mol. The highest BCUT2D eigenvalue weighted by molar-refractivity contribution is 9.10. The van der Waals surface area contributed by atoms with Crippen LogP contribution in [-0.4, -0.2) is 19.6 Å². The minimum absolute atomic E-state index is 0.0447. The number of nitriles is 1. The third-order valence-electron chi connectivity index (χ3n) is 5.02. The molecule has 0 unspecified atom stereocenters. The Kier molecular flexibility index (Phi) is 8.93. The highest BCUT2D eigenvalue weighted by Crippen LogP contribution is 2.38. The van der Waals surface area contributed by atoms with Gasteiger partial charge in [-0.2, -0.15) is 5.26 Å². The van der Waals surface area contributed by atoms with E-state index < -0.39 is 5.91 Å². The second-order valence-corrected chi connectivity index (χ2v) is 8.75. The van der Waals surface area contributed by atoms with Crippen molar-refractivity contribution in [1.82, 2.24) is 0 Å². The van der Waals surface area contributed by atoms with Gasteiger partial charge in [0.15, 0.2) is 11.5 Å². The van der Waals surface area contributed by atoms with E-state index in [1.54, 1.807) is 43.5 Å². The van der Waals surface area contributed by atoms with Crippen molar-refractivity contribution in [3.63, 3.8) is 0 Å². The van der Waals surface area contributed by atoms with Gasteiger partial charge in [-0.15, -0.1) is 0 Å². The number of aryl methyl sites for hydroxylation is 2. The Morgan fingerprint density at radius 3 is 2.34 bits per heavy atom. The number of hydrogen-bond donors (Lipinski definition) is 1. The van der Waals surface area contributed by atoms with Crippen molar-refractivity contribution in [1.29, 1.82) is 5.26 Å². The number of nitrogens with one attached hydrogen (secondary N) is 1. The number of nitrogens with zero attached hydrogens (tertiary/aromatic N) is 1. The van der Waals surface area contributed by atoms with Crippen LogP contribution in [0.3, 0.4) is 0 Å². The molecule has 0 spiro atoms. The van der Waals surface area contributed by atoms with Crippen molar-refractivity contribution in [3.8, 4) is 23.3 Å². The first-order valence-corrected chi connectivity index (χ1v) is 11.9. The predicted molar refractivity (Wildman–Crippen MR) is 141 cm³/mol. The number of hydrogen-bond acceptors (Lipinski definition) is 5. The molecule has 0 aliphatic rings. The van der Waals surface area contributed by atoms with E-state index in [1.165, 1.54) is 17.2 Å². The van der Waals surface area contributed by atoms with Crippen molar-refractivity contribution >= 4 is 33.6 Å². The molecule has 0 atom stereocenters. The van der Waals surface area contributed by atoms with E-state index in [4.69, 9.17) is 14.2 Å². The van der Waals surface area contributed by atoms with E-state index in [9.17, 15) is 10.1 Å². The molecular weight excluding hydrogens is 508 g/mol. The molecule has 35 heavy (non-hydrogen) atoms. The highest BCUT2D eigenvalue weighted by Gasteiger charge is 2.15. The quantitative estimate of drug-likeness (QED) is 0.247. The second-order valence-electron chi connectivity index (χ2n) is 7.90.